The monoisotopic (exact) mass is 445 g/mol. The highest BCUT2D eigenvalue weighted by atomic mass is 32.2. The van der Waals surface area contributed by atoms with E-state index in [4.69, 9.17) is 4.74 Å². The molecule has 1 amide bonds. The number of nitrogens with one attached hydrogen (secondary N) is 1. The zero-order valence-electron chi connectivity index (χ0n) is 18.4. The van der Waals surface area contributed by atoms with Crippen LogP contribution in [0.1, 0.15) is 32.6 Å². The number of sulfonamides is 1. The van der Waals surface area contributed by atoms with Crippen molar-refractivity contribution in [3.05, 3.63) is 48.5 Å². The largest absolute Gasteiger partial charge is 0.497 e. The predicted molar refractivity (Wildman–Crippen MR) is 126 cm³/mol. The third-order valence-electron chi connectivity index (χ3n) is 5.49. The Hall–Kier alpha value is -2.74. The second-order valence-electron chi connectivity index (χ2n) is 7.77. The van der Waals surface area contributed by atoms with Gasteiger partial charge in [-0.25, -0.2) is 8.42 Å². The molecule has 0 saturated carbocycles. The molecule has 1 N–H and O–H groups in total. The molecular weight excluding hydrogens is 414 g/mol. The lowest BCUT2D eigenvalue weighted by molar-refractivity contribution is -0.117. The zero-order valence-corrected chi connectivity index (χ0v) is 19.2. The first-order chi connectivity index (χ1) is 14.8. The van der Waals surface area contributed by atoms with E-state index < -0.39 is 16.1 Å². The lowest BCUT2D eigenvalue weighted by Crippen LogP contribution is -2.47. The molecule has 3 rings (SSSR count). The van der Waals surface area contributed by atoms with Gasteiger partial charge in [-0.3, -0.25) is 9.10 Å². The molecule has 0 spiro atoms. The number of ether oxygens (including phenoxy) is 1. The summed E-state index contributed by atoms with van der Waals surface area (Å²) < 4.78 is 31.6. The standard InChI is InChI=1S/C23H31N3O4S/c1-4-22(26(31(3,28)29)20-9-8-10-21(17-20)30-2)23(27)24-18-11-13-19(14-12-18)25-15-6-5-7-16-25/h8-14,17,22H,4-7,15-16H2,1-3H3,(H,24,27). The predicted octanol–water partition coefficient (Wildman–Crippen LogP) is 3.87. The Kier molecular flexibility index (Phi) is 7.43. The number of hydrogen-bond acceptors (Lipinski definition) is 5. The van der Waals surface area contributed by atoms with Crippen molar-refractivity contribution in [3.8, 4) is 5.75 Å². The summed E-state index contributed by atoms with van der Waals surface area (Å²) >= 11 is 0. The summed E-state index contributed by atoms with van der Waals surface area (Å²) in [5.41, 5.74) is 2.17. The molecule has 1 aliphatic heterocycles. The second kappa shape index (κ2) is 10.0. The molecule has 1 fully saturated rings. The van der Waals surface area contributed by atoms with Gasteiger partial charge in [-0.1, -0.05) is 13.0 Å². The van der Waals surface area contributed by atoms with E-state index in [1.54, 1.807) is 31.2 Å². The van der Waals surface area contributed by atoms with E-state index >= 15 is 0 Å². The number of carbonyl (C=O) groups excluding carboxylic acids is 1. The third kappa shape index (κ3) is 5.70. The van der Waals surface area contributed by atoms with Gasteiger partial charge in [0.1, 0.15) is 11.8 Å². The SMILES string of the molecule is CCC(C(=O)Nc1ccc(N2CCCCC2)cc1)N(c1cccc(OC)c1)S(C)(=O)=O. The van der Waals surface area contributed by atoms with Crippen LogP contribution in [0.2, 0.25) is 0 Å². The van der Waals surface area contributed by atoms with Crippen LogP contribution in [0, 0.1) is 0 Å². The Morgan fingerprint density at radius 2 is 1.81 bits per heavy atom. The fourth-order valence-corrected chi connectivity index (χ4v) is 5.14. The second-order valence-corrected chi connectivity index (χ2v) is 9.63. The van der Waals surface area contributed by atoms with Crippen LogP contribution in [0.25, 0.3) is 0 Å². The van der Waals surface area contributed by atoms with Gasteiger partial charge in [-0.15, -0.1) is 0 Å². The summed E-state index contributed by atoms with van der Waals surface area (Å²) in [5.74, 6) is 0.149. The summed E-state index contributed by atoms with van der Waals surface area (Å²) in [6.45, 7) is 3.89. The van der Waals surface area contributed by atoms with E-state index in [9.17, 15) is 13.2 Å². The molecule has 31 heavy (non-hydrogen) atoms. The highest BCUT2D eigenvalue weighted by molar-refractivity contribution is 7.92. The molecule has 1 aliphatic rings. The molecule has 7 nitrogen and oxygen atoms in total. The maximum atomic E-state index is 13.1. The van der Waals surface area contributed by atoms with Gasteiger partial charge in [0.15, 0.2) is 0 Å². The van der Waals surface area contributed by atoms with Crippen molar-refractivity contribution in [2.45, 2.75) is 38.6 Å². The van der Waals surface area contributed by atoms with Crippen molar-refractivity contribution in [3.63, 3.8) is 0 Å². The lowest BCUT2D eigenvalue weighted by atomic mass is 10.1. The molecule has 0 aliphatic carbocycles. The number of hydrogen-bond donors (Lipinski definition) is 1. The number of carbonyl (C=O) groups is 1. The molecule has 1 atom stereocenters. The maximum Gasteiger partial charge on any atom is 0.248 e. The molecule has 8 heteroatoms. The van der Waals surface area contributed by atoms with E-state index in [0.29, 0.717) is 23.5 Å². The Morgan fingerprint density at radius 1 is 1.13 bits per heavy atom. The number of piperidine rings is 1. The van der Waals surface area contributed by atoms with Crippen LogP contribution >= 0.6 is 0 Å². The maximum absolute atomic E-state index is 13.1. The number of anilines is 3. The van der Waals surface area contributed by atoms with Crippen LogP contribution < -0.4 is 19.3 Å². The molecule has 0 aromatic heterocycles. The molecular formula is C23H31N3O4S. The van der Waals surface area contributed by atoms with E-state index in [1.807, 2.05) is 24.3 Å². The number of rotatable bonds is 8. The summed E-state index contributed by atoms with van der Waals surface area (Å²) in [5, 5.41) is 2.88. The van der Waals surface area contributed by atoms with Crippen LogP contribution in [0.4, 0.5) is 17.1 Å². The first-order valence-electron chi connectivity index (χ1n) is 10.6. The highest BCUT2D eigenvalue weighted by Gasteiger charge is 2.31. The van der Waals surface area contributed by atoms with Crippen molar-refractivity contribution in [2.75, 3.05) is 41.0 Å². The Morgan fingerprint density at radius 3 is 2.39 bits per heavy atom. The summed E-state index contributed by atoms with van der Waals surface area (Å²) in [6, 6.07) is 13.6. The number of methoxy groups -OCH3 is 1. The average Bonchev–Trinajstić information content (AvgIpc) is 2.77. The number of benzene rings is 2. The van der Waals surface area contributed by atoms with Crippen LogP contribution in [-0.4, -0.2) is 46.8 Å². The van der Waals surface area contributed by atoms with Gasteiger partial charge in [0.25, 0.3) is 0 Å². The topological polar surface area (TPSA) is 79.0 Å². The zero-order chi connectivity index (χ0) is 22.4. The van der Waals surface area contributed by atoms with Crippen LogP contribution in [0.3, 0.4) is 0 Å². The molecule has 0 bridgehead atoms. The molecule has 1 heterocycles. The molecule has 2 aromatic rings. The van der Waals surface area contributed by atoms with Gasteiger partial charge in [0, 0.05) is 30.5 Å². The molecule has 1 unspecified atom stereocenters. The molecule has 0 radical (unpaired) electrons. The Balaban J connectivity index is 1.80. The highest BCUT2D eigenvalue weighted by Crippen LogP contribution is 2.27. The number of nitrogens with zero attached hydrogens (tertiary/aromatic N) is 2. The van der Waals surface area contributed by atoms with E-state index in [1.165, 1.54) is 26.4 Å². The fourth-order valence-electron chi connectivity index (χ4n) is 3.94. The summed E-state index contributed by atoms with van der Waals surface area (Å²) in [4.78, 5) is 15.4. The van der Waals surface area contributed by atoms with E-state index in [2.05, 4.69) is 10.2 Å². The van der Waals surface area contributed by atoms with Crippen molar-refractivity contribution >= 4 is 33.0 Å². The lowest BCUT2D eigenvalue weighted by Gasteiger charge is -2.30. The van der Waals surface area contributed by atoms with E-state index in [-0.39, 0.29) is 5.91 Å². The van der Waals surface area contributed by atoms with Gasteiger partial charge < -0.3 is 15.0 Å². The van der Waals surface area contributed by atoms with Crippen LogP contribution in [0.15, 0.2) is 48.5 Å². The Bertz CT molecular complexity index is 986. The van der Waals surface area contributed by atoms with Gasteiger partial charge in [-0.2, -0.15) is 0 Å². The van der Waals surface area contributed by atoms with Crippen molar-refractivity contribution in [1.29, 1.82) is 0 Å². The number of amides is 1. The van der Waals surface area contributed by atoms with Gasteiger partial charge in [0.2, 0.25) is 15.9 Å². The molecule has 2 aromatic carbocycles. The Labute approximate surface area is 185 Å². The smallest absolute Gasteiger partial charge is 0.248 e. The fraction of sp³-hybridized carbons (Fsp3) is 0.435. The third-order valence-corrected chi connectivity index (χ3v) is 6.67. The first-order valence-corrected chi connectivity index (χ1v) is 12.5. The van der Waals surface area contributed by atoms with E-state index in [0.717, 1.165) is 29.3 Å². The van der Waals surface area contributed by atoms with Gasteiger partial charge in [0.05, 0.1) is 19.1 Å². The minimum Gasteiger partial charge on any atom is -0.497 e. The van der Waals surface area contributed by atoms with Crippen LogP contribution in [-0.2, 0) is 14.8 Å². The van der Waals surface area contributed by atoms with Crippen molar-refractivity contribution in [2.24, 2.45) is 0 Å². The average molecular weight is 446 g/mol. The molecule has 1 saturated heterocycles. The van der Waals surface area contributed by atoms with Crippen molar-refractivity contribution < 1.29 is 17.9 Å². The summed E-state index contributed by atoms with van der Waals surface area (Å²) in [6.07, 6.45) is 5.09. The van der Waals surface area contributed by atoms with Gasteiger partial charge in [-0.05, 0) is 62.1 Å². The molecule has 168 valence electrons. The summed E-state index contributed by atoms with van der Waals surface area (Å²) in [7, 11) is -2.19. The quantitative estimate of drug-likeness (QED) is 0.667. The van der Waals surface area contributed by atoms with Gasteiger partial charge >= 0.3 is 0 Å². The van der Waals surface area contributed by atoms with Crippen LogP contribution in [0.5, 0.6) is 5.75 Å². The van der Waals surface area contributed by atoms with Crippen molar-refractivity contribution in [1.82, 2.24) is 0 Å². The first kappa shape index (κ1) is 22.9. The normalized spacial score (nSPS) is 15.3. The minimum absolute atomic E-state index is 0.321. The minimum atomic E-state index is -3.70.